The summed E-state index contributed by atoms with van der Waals surface area (Å²) in [6.45, 7) is 0. The monoisotopic (exact) mass is 289 g/mol. The number of nitrogens with two attached hydrogens (primary N) is 1. The number of fused-ring (bicyclic) bond motifs is 1. The Hall–Kier alpha value is -2.76. The number of hydrogen-bond donors (Lipinski definition) is 2. The lowest BCUT2D eigenvalue weighted by molar-refractivity contribution is 0.590. The van der Waals surface area contributed by atoms with E-state index < -0.39 is 17.5 Å². The van der Waals surface area contributed by atoms with Gasteiger partial charge >= 0.3 is 0 Å². The van der Waals surface area contributed by atoms with Crippen molar-refractivity contribution >= 4 is 28.0 Å². The summed E-state index contributed by atoms with van der Waals surface area (Å²) in [4.78, 5) is 3.95. The number of halogens is 3. The molecule has 1 aromatic heterocycles. The Kier molecular flexibility index (Phi) is 3.13. The maximum Gasteiger partial charge on any atom is 0.149 e. The van der Waals surface area contributed by atoms with Crippen molar-refractivity contribution in [1.29, 1.82) is 0 Å². The number of nitrogens with one attached hydrogen (secondary N) is 1. The highest BCUT2D eigenvalue weighted by Crippen LogP contribution is 2.31. The van der Waals surface area contributed by atoms with E-state index in [1.807, 2.05) is 0 Å². The van der Waals surface area contributed by atoms with E-state index in [0.717, 1.165) is 12.1 Å². The zero-order valence-electron chi connectivity index (χ0n) is 10.7. The van der Waals surface area contributed by atoms with Crippen molar-refractivity contribution in [2.24, 2.45) is 0 Å². The van der Waals surface area contributed by atoms with Crippen LogP contribution in [0.1, 0.15) is 0 Å². The van der Waals surface area contributed by atoms with E-state index >= 15 is 0 Å². The summed E-state index contributed by atoms with van der Waals surface area (Å²) in [5, 5.41) is 3.00. The van der Waals surface area contributed by atoms with Gasteiger partial charge in [0, 0.05) is 17.3 Å². The second-order valence-corrected chi connectivity index (χ2v) is 4.44. The minimum Gasteiger partial charge on any atom is -0.398 e. The largest absolute Gasteiger partial charge is 0.398 e. The summed E-state index contributed by atoms with van der Waals surface area (Å²) in [6, 6.07) is 7.58. The van der Waals surface area contributed by atoms with E-state index in [-0.39, 0.29) is 16.9 Å². The molecule has 0 unspecified atom stereocenters. The number of nitrogen functional groups attached to an aromatic ring is 1. The number of anilines is 3. The fraction of sp³-hybridized carbons (Fsp3) is 0. The third-order valence-corrected chi connectivity index (χ3v) is 3.12. The zero-order chi connectivity index (χ0) is 15.0. The Morgan fingerprint density at radius 2 is 1.62 bits per heavy atom. The first-order valence-electron chi connectivity index (χ1n) is 6.11. The first-order chi connectivity index (χ1) is 10.1. The molecular weight excluding hydrogens is 279 g/mol. The predicted molar refractivity (Wildman–Crippen MR) is 75.8 cm³/mol. The summed E-state index contributed by atoms with van der Waals surface area (Å²) in [6.07, 6.45) is 1.39. The van der Waals surface area contributed by atoms with Crippen LogP contribution in [0.25, 0.3) is 10.8 Å². The SMILES string of the molecule is Nc1ccc(F)c2c(Nc3c(F)cccc3F)nccc12. The molecule has 3 aromatic rings. The van der Waals surface area contributed by atoms with Gasteiger partial charge in [-0.1, -0.05) is 6.07 Å². The van der Waals surface area contributed by atoms with E-state index in [1.54, 1.807) is 0 Å². The molecule has 0 aliphatic carbocycles. The van der Waals surface area contributed by atoms with Gasteiger partial charge in [-0.2, -0.15) is 0 Å². The first-order valence-corrected chi connectivity index (χ1v) is 6.11. The van der Waals surface area contributed by atoms with E-state index in [1.165, 1.54) is 30.5 Å². The van der Waals surface area contributed by atoms with Crippen molar-refractivity contribution in [3.05, 3.63) is 60.0 Å². The van der Waals surface area contributed by atoms with Gasteiger partial charge in [-0.3, -0.25) is 0 Å². The van der Waals surface area contributed by atoms with Crippen LogP contribution in [-0.2, 0) is 0 Å². The van der Waals surface area contributed by atoms with Crippen molar-refractivity contribution < 1.29 is 13.2 Å². The Morgan fingerprint density at radius 3 is 2.33 bits per heavy atom. The molecule has 0 aliphatic heterocycles. The van der Waals surface area contributed by atoms with Crippen molar-refractivity contribution in [1.82, 2.24) is 4.98 Å². The average molecular weight is 289 g/mol. The van der Waals surface area contributed by atoms with Crippen LogP contribution < -0.4 is 11.1 Å². The molecule has 0 atom stereocenters. The maximum absolute atomic E-state index is 14.0. The lowest BCUT2D eigenvalue weighted by Gasteiger charge is -2.12. The third kappa shape index (κ3) is 2.24. The van der Waals surface area contributed by atoms with Crippen LogP contribution in [0, 0.1) is 17.5 Å². The highest BCUT2D eigenvalue weighted by Gasteiger charge is 2.14. The molecule has 2 aromatic carbocycles. The van der Waals surface area contributed by atoms with Gasteiger partial charge in [-0.25, -0.2) is 18.2 Å². The molecule has 0 bridgehead atoms. The van der Waals surface area contributed by atoms with Crippen molar-refractivity contribution in [3.8, 4) is 0 Å². The number of nitrogens with zero attached hydrogens (tertiary/aromatic N) is 1. The predicted octanol–water partition coefficient (Wildman–Crippen LogP) is 3.98. The van der Waals surface area contributed by atoms with Crippen molar-refractivity contribution in [2.45, 2.75) is 0 Å². The lowest BCUT2D eigenvalue weighted by atomic mass is 10.1. The molecule has 0 fully saturated rings. The summed E-state index contributed by atoms with van der Waals surface area (Å²) in [7, 11) is 0. The van der Waals surface area contributed by atoms with Crippen LogP contribution in [0.2, 0.25) is 0 Å². The quantitative estimate of drug-likeness (QED) is 0.702. The Morgan fingerprint density at radius 1 is 0.905 bits per heavy atom. The number of pyridine rings is 1. The molecule has 1 heterocycles. The zero-order valence-corrected chi connectivity index (χ0v) is 10.7. The van der Waals surface area contributed by atoms with Crippen molar-refractivity contribution in [3.63, 3.8) is 0 Å². The Labute approximate surface area is 118 Å². The molecule has 0 amide bonds. The summed E-state index contributed by atoms with van der Waals surface area (Å²) >= 11 is 0. The minimum absolute atomic E-state index is 0.00120. The number of hydrogen-bond acceptors (Lipinski definition) is 3. The van der Waals surface area contributed by atoms with Gasteiger partial charge in [0.25, 0.3) is 0 Å². The second-order valence-electron chi connectivity index (χ2n) is 4.44. The van der Waals surface area contributed by atoms with Crippen LogP contribution in [0.15, 0.2) is 42.6 Å². The summed E-state index contributed by atoms with van der Waals surface area (Å²) < 4.78 is 41.3. The third-order valence-electron chi connectivity index (χ3n) is 3.12. The maximum atomic E-state index is 14.0. The van der Waals surface area contributed by atoms with Gasteiger partial charge in [0.1, 0.15) is 29.0 Å². The molecule has 0 saturated heterocycles. The number of benzene rings is 2. The van der Waals surface area contributed by atoms with Gasteiger partial charge < -0.3 is 11.1 Å². The first kappa shape index (κ1) is 13.2. The molecule has 0 spiro atoms. The van der Waals surface area contributed by atoms with Gasteiger partial charge in [0.2, 0.25) is 0 Å². The molecule has 106 valence electrons. The van der Waals surface area contributed by atoms with Gasteiger partial charge in [-0.05, 0) is 30.3 Å². The van der Waals surface area contributed by atoms with E-state index in [4.69, 9.17) is 5.73 Å². The van der Waals surface area contributed by atoms with E-state index in [2.05, 4.69) is 10.3 Å². The number of para-hydroxylation sites is 1. The van der Waals surface area contributed by atoms with Crippen LogP contribution >= 0.6 is 0 Å². The summed E-state index contributed by atoms with van der Waals surface area (Å²) in [5.41, 5.74) is 5.74. The Balaban J connectivity index is 2.20. The lowest BCUT2D eigenvalue weighted by Crippen LogP contribution is -2.01. The standard InChI is InChI=1S/C15H10F3N3/c16-9-4-5-12(19)8-6-7-20-15(13(8)9)21-14-10(17)2-1-3-11(14)18/h1-7H,19H2,(H,20,21). The van der Waals surface area contributed by atoms with E-state index in [9.17, 15) is 13.2 Å². The van der Waals surface area contributed by atoms with Crippen LogP contribution in [-0.4, -0.2) is 4.98 Å². The highest BCUT2D eigenvalue weighted by molar-refractivity contribution is 6.00. The molecule has 3 rings (SSSR count). The smallest absolute Gasteiger partial charge is 0.149 e. The van der Waals surface area contributed by atoms with Crippen molar-refractivity contribution in [2.75, 3.05) is 11.1 Å². The fourth-order valence-electron chi connectivity index (χ4n) is 2.11. The molecule has 6 heteroatoms. The molecule has 0 aliphatic rings. The van der Waals surface area contributed by atoms with Gasteiger partial charge in [0.15, 0.2) is 0 Å². The fourth-order valence-corrected chi connectivity index (χ4v) is 2.11. The Bertz CT molecular complexity index is 814. The molecular formula is C15H10F3N3. The summed E-state index contributed by atoms with van der Waals surface area (Å²) in [5.74, 6) is -2.16. The second kappa shape index (κ2) is 4.97. The molecule has 0 saturated carbocycles. The van der Waals surface area contributed by atoms with E-state index in [0.29, 0.717) is 11.1 Å². The highest BCUT2D eigenvalue weighted by atomic mass is 19.1. The van der Waals surface area contributed by atoms with Gasteiger partial charge in [-0.15, -0.1) is 0 Å². The van der Waals surface area contributed by atoms with Crippen LogP contribution in [0.3, 0.4) is 0 Å². The molecule has 3 N–H and O–H groups in total. The molecule has 21 heavy (non-hydrogen) atoms. The van der Waals surface area contributed by atoms with Crippen LogP contribution in [0.5, 0.6) is 0 Å². The molecule has 0 radical (unpaired) electrons. The normalized spacial score (nSPS) is 10.8. The van der Waals surface area contributed by atoms with Crippen LogP contribution in [0.4, 0.5) is 30.4 Å². The number of aromatic nitrogens is 1. The van der Waals surface area contributed by atoms with Gasteiger partial charge in [0.05, 0.1) is 5.39 Å². The topological polar surface area (TPSA) is 50.9 Å². The number of rotatable bonds is 2. The molecule has 3 nitrogen and oxygen atoms in total. The minimum atomic E-state index is -0.793. The average Bonchev–Trinajstić information content (AvgIpc) is 2.47.